The molecule has 4 rings (SSSR count). The highest BCUT2D eigenvalue weighted by Gasteiger charge is 2.25. The number of ether oxygens (including phenoxy) is 1. The molecule has 1 aromatic carbocycles. The Morgan fingerprint density at radius 1 is 1.31 bits per heavy atom. The number of anilines is 1. The molecule has 2 amide bonds. The number of rotatable bonds is 3. The van der Waals surface area contributed by atoms with E-state index in [1.807, 2.05) is 6.07 Å². The topological polar surface area (TPSA) is 97.3 Å². The van der Waals surface area contributed by atoms with Gasteiger partial charge in [0.05, 0.1) is 30.6 Å². The van der Waals surface area contributed by atoms with E-state index in [4.69, 9.17) is 4.74 Å². The number of amides is 2. The van der Waals surface area contributed by atoms with Crippen molar-refractivity contribution in [2.75, 3.05) is 18.5 Å². The molecule has 0 saturated heterocycles. The van der Waals surface area contributed by atoms with Crippen LogP contribution >= 0.6 is 23.1 Å². The van der Waals surface area contributed by atoms with Crippen molar-refractivity contribution < 1.29 is 14.3 Å². The summed E-state index contributed by atoms with van der Waals surface area (Å²) in [6.07, 6.45) is 0.138. The number of carbonyl (C=O) groups excluding carboxylic acids is 2. The standard InChI is InChI=1S/C16H15N5O3S2/c1-2-24-16(23)18-15-17-11-5-6-21(8-13(11)25-15)14(22)9-3-4-10-12(7-9)20-26-19-10/h3-4,7H,2,5-6,8H2,1H3,(H,17,18,23). The molecule has 0 unspecified atom stereocenters. The van der Waals surface area contributed by atoms with Gasteiger partial charge in [0.25, 0.3) is 5.91 Å². The first-order valence-corrected chi connectivity index (χ1v) is 9.62. The summed E-state index contributed by atoms with van der Waals surface area (Å²) in [5.41, 5.74) is 3.05. The van der Waals surface area contributed by atoms with Crippen molar-refractivity contribution in [2.45, 2.75) is 19.9 Å². The Morgan fingerprint density at radius 3 is 3.00 bits per heavy atom. The monoisotopic (exact) mass is 389 g/mol. The summed E-state index contributed by atoms with van der Waals surface area (Å²) in [7, 11) is 0. The molecule has 26 heavy (non-hydrogen) atoms. The number of thiazole rings is 1. The number of hydrogen-bond acceptors (Lipinski definition) is 8. The van der Waals surface area contributed by atoms with E-state index >= 15 is 0 Å². The minimum atomic E-state index is -0.517. The van der Waals surface area contributed by atoms with E-state index in [0.29, 0.717) is 36.8 Å². The molecule has 0 radical (unpaired) electrons. The number of aromatic nitrogens is 3. The van der Waals surface area contributed by atoms with Crippen LogP contribution in [0.15, 0.2) is 18.2 Å². The molecule has 2 aromatic heterocycles. The Labute approximate surface area is 157 Å². The van der Waals surface area contributed by atoms with Gasteiger partial charge in [-0.3, -0.25) is 10.1 Å². The third kappa shape index (κ3) is 3.25. The fourth-order valence-electron chi connectivity index (χ4n) is 2.77. The molecule has 0 bridgehead atoms. The van der Waals surface area contributed by atoms with Crippen LogP contribution in [0.3, 0.4) is 0 Å². The molecule has 3 aromatic rings. The lowest BCUT2D eigenvalue weighted by Gasteiger charge is -2.26. The van der Waals surface area contributed by atoms with Gasteiger partial charge in [0.15, 0.2) is 5.13 Å². The van der Waals surface area contributed by atoms with Crippen molar-refractivity contribution in [3.05, 3.63) is 34.3 Å². The van der Waals surface area contributed by atoms with Crippen molar-refractivity contribution >= 4 is 51.2 Å². The molecule has 0 atom stereocenters. The third-order valence-electron chi connectivity index (χ3n) is 4.00. The summed E-state index contributed by atoms with van der Waals surface area (Å²) in [6.45, 7) is 3.11. The molecule has 8 nitrogen and oxygen atoms in total. The molecule has 0 aliphatic carbocycles. The van der Waals surface area contributed by atoms with Gasteiger partial charge in [0.2, 0.25) is 0 Å². The van der Waals surface area contributed by atoms with Crippen LogP contribution in [0.25, 0.3) is 11.0 Å². The maximum absolute atomic E-state index is 12.8. The molecular weight excluding hydrogens is 374 g/mol. The molecule has 1 N–H and O–H groups in total. The van der Waals surface area contributed by atoms with E-state index in [1.54, 1.807) is 24.0 Å². The second-order valence-electron chi connectivity index (χ2n) is 5.68. The summed E-state index contributed by atoms with van der Waals surface area (Å²) in [5.74, 6) is -0.0427. The fourth-order valence-corrected chi connectivity index (χ4v) is 4.30. The lowest BCUT2D eigenvalue weighted by atomic mass is 10.1. The fraction of sp³-hybridized carbons (Fsp3) is 0.312. The minimum absolute atomic E-state index is 0.0427. The van der Waals surface area contributed by atoms with Gasteiger partial charge in [-0.05, 0) is 25.1 Å². The average Bonchev–Trinajstić information content (AvgIpc) is 3.25. The summed E-state index contributed by atoms with van der Waals surface area (Å²) in [6, 6.07) is 5.37. The Bertz CT molecular complexity index is 983. The quantitative estimate of drug-likeness (QED) is 0.740. The first kappa shape index (κ1) is 16.9. The predicted molar refractivity (Wildman–Crippen MR) is 98.6 cm³/mol. The number of benzene rings is 1. The summed E-state index contributed by atoms with van der Waals surface area (Å²) < 4.78 is 13.2. The van der Waals surface area contributed by atoms with E-state index in [2.05, 4.69) is 19.0 Å². The van der Waals surface area contributed by atoms with E-state index < -0.39 is 6.09 Å². The molecule has 10 heteroatoms. The van der Waals surface area contributed by atoms with Gasteiger partial charge in [-0.25, -0.2) is 9.78 Å². The lowest BCUT2D eigenvalue weighted by molar-refractivity contribution is 0.0736. The smallest absolute Gasteiger partial charge is 0.413 e. The summed E-state index contributed by atoms with van der Waals surface area (Å²) >= 11 is 2.51. The van der Waals surface area contributed by atoms with Gasteiger partial charge in [0.1, 0.15) is 11.0 Å². The van der Waals surface area contributed by atoms with Crippen LogP contribution in [0.5, 0.6) is 0 Å². The number of hydrogen-bond donors (Lipinski definition) is 1. The zero-order valence-corrected chi connectivity index (χ0v) is 15.5. The second kappa shape index (κ2) is 6.96. The van der Waals surface area contributed by atoms with E-state index in [0.717, 1.165) is 33.3 Å². The molecule has 1 aliphatic heterocycles. The van der Waals surface area contributed by atoms with Crippen LogP contribution in [0.2, 0.25) is 0 Å². The first-order valence-electron chi connectivity index (χ1n) is 8.08. The molecule has 0 fully saturated rings. The highest BCUT2D eigenvalue weighted by atomic mass is 32.1. The maximum Gasteiger partial charge on any atom is 0.413 e. The highest BCUT2D eigenvalue weighted by Crippen LogP contribution is 2.29. The van der Waals surface area contributed by atoms with E-state index in [9.17, 15) is 9.59 Å². The van der Waals surface area contributed by atoms with Crippen molar-refractivity contribution in [1.29, 1.82) is 0 Å². The Kier molecular flexibility index (Phi) is 4.51. The zero-order chi connectivity index (χ0) is 18.1. The molecular formula is C16H15N5O3S2. The van der Waals surface area contributed by atoms with Gasteiger partial charge in [-0.15, -0.1) is 0 Å². The van der Waals surface area contributed by atoms with Gasteiger partial charge in [-0.2, -0.15) is 8.75 Å². The number of carbonyl (C=O) groups is 2. The van der Waals surface area contributed by atoms with Gasteiger partial charge >= 0.3 is 6.09 Å². The Hall–Kier alpha value is -2.59. The van der Waals surface area contributed by atoms with Crippen LogP contribution in [0.4, 0.5) is 9.93 Å². The van der Waals surface area contributed by atoms with Gasteiger partial charge in [-0.1, -0.05) is 11.3 Å². The average molecular weight is 389 g/mol. The number of nitrogens with one attached hydrogen (secondary N) is 1. The van der Waals surface area contributed by atoms with Gasteiger partial charge < -0.3 is 9.64 Å². The van der Waals surface area contributed by atoms with Crippen LogP contribution in [-0.2, 0) is 17.7 Å². The van der Waals surface area contributed by atoms with E-state index in [-0.39, 0.29) is 5.91 Å². The first-order chi connectivity index (χ1) is 12.6. The second-order valence-corrected chi connectivity index (χ2v) is 7.29. The molecule has 0 spiro atoms. The van der Waals surface area contributed by atoms with Crippen molar-refractivity contribution in [3.63, 3.8) is 0 Å². The predicted octanol–water partition coefficient (Wildman–Crippen LogP) is 2.91. The molecule has 0 saturated carbocycles. The van der Waals surface area contributed by atoms with Crippen LogP contribution in [-0.4, -0.2) is 43.8 Å². The lowest BCUT2D eigenvalue weighted by Crippen LogP contribution is -2.35. The summed E-state index contributed by atoms with van der Waals surface area (Å²) in [4.78, 5) is 31.5. The largest absolute Gasteiger partial charge is 0.450 e. The summed E-state index contributed by atoms with van der Waals surface area (Å²) in [5, 5.41) is 3.12. The highest BCUT2D eigenvalue weighted by molar-refractivity contribution is 7.15. The van der Waals surface area contributed by atoms with Crippen molar-refractivity contribution in [3.8, 4) is 0 Å². The zero-order valence-electron chi connectivity index (χ0n) is 13.9. The maximum atomic E-state index is 12.8. The van der Waals surface area contributed by atoms with Crippen LogP contribution in [0.1, 0.15) is 27.9 Å². The van der Waals surface area contributed by atoms with E-state index in [1.165, 1.54) is 11.3 Å². The Morgan fingerprint density at radius 2 is 2.15 bits per heavy atom. The van der Waals surface area contributed by atoms with Crippen LogP contribution < -0.4 is 5.32 Å². The van der Waals surface area contributed by atoms with Gasteiger partial charge in [0, 0.05) is 23.4 Å². The minimum Gasteiger partial charge on any atom is -0.450 e. The number of fused-ring (bicyclic) bond motifs is 2. The molecule has 134 valence electrons. The van der Waals surface area contributed by atoms with Crippen molar-refractivity contribution in [1.82, 2.24) is 18.6 Å². The van der Waals surface area contributed by atoms with Crippen molar-refractivity contribution in [2.24, 2.45) is 0 Å². The SMILES string of the molecule is CCOC(=O)Nc1nc2c(s1)CN(C(=O)c1ccc3nsnc3c1)CC2. The molecule has 3 heterocycles. The number of nitrogens with zero attached hydrogens (tertiary/aromatic N) is 4. The van der Waals surface area contributed by atoms with Crippen LogP contribution in [0, 0.1) is 0 Å². The normalized spacial score (nSPS) is 13.5. The third-order valence-corrected chi connectivity index (χ3v) is 5.56. The molecule has 1 aliphatic rings. The Balaban J connectivity index is 1.49.